The van der Waals surface area contributed by atoms with Crippen molar-refractivity contribution in [3.8, 4) is 11.4 Å². The van der Waals surface area contributed by atoms with Gasteiger partial charge < -0.3 is 21.1 Å². The maximum absolute atomic E-state index is 13.4. The molecule has 0 saturated heterocycles. The average Bonchev–Trinajstić information content (AvgIpc) is 3.30. The summed E-state index contributed by atoms with van der Waals surface area (Å²) in [5, 5.41) is 11.1. The molecule has 4 rings (SSSR count). The predicted octanol–water partition coefficient (Wildman–Crippen LogP) is 4.74. The zero-order chi connectivity index (χ0) is 25.7. The lowest BCUT2D eigenvalue weighted by Crippen LogP contribution is -2.40. The van der Waals surface area contributed by atoms with Gasteiger partial charge in [0.2, 0.25) is 0 Å². The van der Waals surface area contributed by atoms with Gasteiger partial charge in [-0.2, -0.15) is 5.10 Å². The number of methoxy groups -OCH3 is 1. The normalized spacial score (nSPS) is 17.4. The lowest BCUT2D eigenvalue weighted by molar-refractivity contribution is 0.0924. The number of benzene rings is 2. The van der Waals surface area contributed by atoms with Crippen LogP contribution in [0.1, 0.15) is 65.4 Å². The molecule has 2 amide bonds. The first-order valence-corrected chi connectivity index (χ1v) is 12.7. The van der Waals surface area contributed by atoms with Crippen LogP contribution < -0.4 is 21.1 Å². The first kappa shape index (κ1) is 25.7. The summed E-state index contributed by atoms with van der Waals surface area (Å²) in [7, 11) is 1.52. The molecule has 3 aromatic rings. The number of anilines is 1. The molecule has 1 aliphatic carbocycles. The van der Waals surface area contributed by atoms with E-state index in [1.165, 1.54) is 7.11 Å². The Bertz CT molecular complexity index is 1220. The van der Waals surface area contributed by atoms with Crippen LogP contribution in [-0.2, 0) is 6.42 Å². The summed E-state index contributed by atoms with van der Waals surface area (Å²) in [6.45, 7) is 2.05. The van der Waals surface area contributed by atoms with E-state index < -0.39 is 0 Å². The van der Waals surface area contributed by atoms with Gasteiger partial charge in [0, 0.05) is 22.7 Å². The van der Waals surface area contributed by atoms with E-state index in [-0.39, 0.29) is 23.9 Å². The largest absolute Gasteiger partial charge is 0.495 e. The fourth-order valence-corrected chi connectivity index (χ4v) is 4.64. The summed E-state index contributed by atoms with van der Waals surface area (Å²) < 4.78 is 7.20. The van der Waals surface area contributed by atoms with Gasteiger partial charge in [0.15, 0.2) is 0 Å². The van der Waals surface area contributed by atoms with Crippen molar-refractivity contribution in [2.24, 2.45) is 5.73 Å². The molecule has 4 N–H and O–H groups in total. The van der Waals surface area contributed by atoms with E-state index in [4.69, 9.17) is 22.1 Å². The van der Waals surface area contributed by atoms with E-state index >= 15 is 0 Å². The molecule has 1 heterocycles. The van der Waals surface area contributed by atoms with Crippen molar-refractivity contribution in [1.29, 1.82) is 0 Å². The third kappa shape index (κ3) is 5.88. The number of ether oxygens (including phenoxy) is 1. The fraction of sp³-hybridized carbons (Fsp3) is 0.370. The third-order valence-corrected chi connectivity index (χ3v) is 6.74. The molecule has 190 valence electrons. The molecule has 0 radical (unpaired) electrons. The van der Waals surface area contributed by atoms with E-state index in [0.717, 1.165) is 43.5 Å². The Kier molecular flexibility index (Phi) is 8.28. The fourth-order valence-electron chi connectivity index (χ4n) is 4.51. The number of nitrogens with two attached hydrogens (primary N) is 1. The van der Waals surface area contributed by atoms with Crippen molar-refractivity contribution >= 4 is 29.1 Å². The summed E-state index contributed by atoms with van der Waals surface area (Å²) in [4.78, 5) is 26.3. The number of nitrogens with one attached hydrogen (secondary N) is 2. The number of nitrogens with zero attached hydrogens (tertiary/aromatic N) is 2. The van der Waals surface area contributed by atoms with Crippen LogP contribution in [0.2, 0.25) is 5.02 Å². The van der Waals surface area contributed by atoms with Gasteiger partial charge in [-0.05, 0) is 74.6 Å². The smallest absolute Gasteiger partial charge is 0.259 e. The Hall–Kier alpha value is -3.36. The Labute approximate surface area is 216 Å². The van der Waals surface area contributed by atoms with Gasteiger partial charge in [0.05, 0.1) is 35.9 Å². The number of hydrogen-bond acceptors (Lipinski definition) is 5. The summed E-state index contributed by atoms with van der Waals surface area (Å²) in [6, 6.07) is 12.6. The first-order chi connectivity index (χ1) is 17.4. The highest BCUT2D eigenvalue weighted by Gasteiger charge is 2.23. The highest BCUT2D eigenvalue weighted by atomic mass is 35.5. The van der Waals surface area contributed by atoms with Crippen LogP contribution in [-0.4, -0.2) is 40.8 Å². The highest BCUT2D eigenvalue weighted by molar-refractivity contribution is 6.30. The van der Waals surface area contributed by atoms with E-state index in [2.05, 4.69) is 15.7 Å². The van der Waals surface area contributed by atoms with E-state index in [1.54, 1.807) is 41.2 Å². The van der Waals surface area contributed by atoms with Crippen LogP contribution in [0.25, 0.3) is 5.69 Å². The van der Waals surface area contributed by atoms with E-state index in [1.807, 2.05) is 19.1 Å². The summed E-state index contributed by atoms with van der Waals surface area (Å²) in [6.07, 6.45) is 6.60. The standard InChI is InChI=1S/C27H32ClN5O3/c1-3-4-24-22(16-30-33(24)21-12-6-18(28)7-13-21)27(35)32-23-15-17(5-14-25(23)36-2)26(34)31-20-10-8-19(29)9-11-20/h5-7,12-16,19-20H,3-4,8-11,29H2,1-2H3,(H,31,34)(H,32,35). The number of amides is 2. The van der Waals surface area contributed by atoms with Crippen molar-refractivity contribution in [1.82, 2.24) is 15.1 Å². The molecular weight excluding hydrogens is 478 g/mol. The molecule has 1 aliphatic rings. The monoisotopic (exact) mass is 509 g/mol. The lowest BCUT2D eigenvalue weighted by atomic mass is 9.91. The van der Waals surface area contributed by atoms with Crippen molar-refractivity contribution in [2.45, 2.75) is 57.5 Å². The topological polar surface area (TPSA) is 111 Å². The molecule has 0 bridgehead atoms. The Balaban J connectivity index is 1.55. The van der Waals surface area contributed by atoms with Crippen molar-refractivity contribution < 1.29 is 14.3 Å². The molecule has 1 saturated carbocycles. The molecule has 1 fully saturated rings. The molecular formula is C27H32ClN5O3. The number of rotatable bonds is 8. The predicted molar refractivity (Wildman–Crippen MR) is 141 cm³/mol. The van der Waals surface area contributed by atoms with Gasteiger partial charge in [0.1, 0.15) is 5.75 Å². The van der Waals surface area contributed by atoms with Crippen LogP contribution >= 0.6 is 11.6 Å². The Morgan fingerprint density at radius 1 is 1.11 bits per heavy atom. The van der Waals surface area contributed by atoms with Gasteiger partial charge in [0.25, 0.3) is 11.8 Å². The van der Waals surface area contributed by atoms with Crippen LogP contribution in [0, 0.1) is 0 Å². The molecule has 8 nitrogen and oxygen atoms in total. The van der Waals surface area contributed by atoms with Gasteiger partial charge in [-0.25, -0.2) is 4.68 Å². The van der Waals surface area contributed by atoms with Crippen molar-refractivity contribution in [3.05, 3.63) is 70.5 Å². The number of carbonyl (C=O) groups excluding carboxylic acids is 2. The number of halogens is 1. The molecule has 0 unspecified atom stereocenters. The molecule has 9 heteroatoms. The SMILES string of the molecule is CCCc1c(C(=O)Nc2cc(C(=O)NC3CCC(N)CC3)ccc2OC)cnn1-c1ccc(Cl)cc1. The van der Waals surface area contributed by atoms with E-state index in [0.29, 0.717) is 34.0 Å². The molecule has 36 heavy (non-hydrogen) atoms. The summed E-state index contributed by atoms with van der Waals surface area (Å²) in [5.41, 5.74) is 8.92. The molecule has 0 atom stereocenters. The number of hydrogen-bond donors (Lipinski definition) is 3. The van der Waals surface area contributed by atoms with Crippen molar-refractivity contribution in [3.63, 3.8) is 0 Å². The second-order valence-electron chi connectivity index (χ2n) is 9.10. The first-order valence-electron chi connectivity index (χ1n) is 12.3. The lowest BCUT2D eigenvalue weighted by Gasteiger charge is -2.26. The quantitative estimate of drug-likeness (QED) is 0.406. The number of aromatic nitrogens is 2. The second-order valence-corrected chi connectivity index (χ2v) is 9.53. The van der Waals surface area contributed by atoms with Gasteiger partial charge in [-0.1, -0.05) is 24.9 Å². The zero-order valence-corrected chi connectivity index (χ0v) is 21.3. The third-order valence-electron chi connectivity index (χ3n) is 6.49. The molecule has 1 aromatic heterocycles. The Morgan fingerprint density at radius 3 is 2.50 bits per heavy atom. The number of carbonyl (C=O) groups is 2. The van der Waals surface area contributed by atoms with Crippen molar-refractivity contribution in [2.75, 3.05) is 12.4 Å². The molecule has 2 aromatic carbocycles. The molecule has 0 spiro atoms. The minimum atomic E-state index is -0.323. The highest BCUT2D eigenvalue weighted by Crippen LogP contribution is 2.28. The maximum atomic E-state index is 13.4. The van der Waals surface area contributed by atoms with Crippen LogP contribution in [0.15, 0.2) is 48.7 Å². The minimum Gasteiger partial charge on any atom is -0.495 e. The van der Waals surface area contributed by atoms with Crippen LogP contribution in [0.3, 0.4) is 0 Å². The van der Waals surface area contributed by atoms with Gasteiger partial charge in [-0.3, -0.25) is 9.59 Å². The summed E-state index contributed by atoms with van der Waals surface area (Å²) >= 11 is 6.03. The van der Waals surface area contributed by atoms with Gasteiger partial charge >= 0.3 is 0 Å². The Morgan fingerprint density at radius 2 is 1.83 bits per heavy atom. The van der Waals surface area contributed by atoms with E-state index in [9.17, 15) is 9.59 Å². The maximum Gasteiger partial charge on any atom is 0.259 e. The molecule has 0 aliphatic heterocycles. The second kappa shape index (κ2) is 11.6. The van der Waals surface area contributed by atoms with Gasteiger partial charge in [-0.15, -0.1) is 0 Å². The van der Waals surface area contributed by atoms with Crippen LogP contribution in [0.4, 0.5) is 5.69 Å². The zero-order valence-electron chi connectivity index (χ0n) is 20.6. The minimum absolute atomic E-state index is 0.104. The van der Waals surface area contributed by atoms with Crippen LogP contribution in [0.5, 0.6) is 5.75 Å². The average molecular weight is 510 g/mol. The summed E-state index contributed by atoms with van der Waals surface area (Å²) in [5.74, 6) is -0.0442.